The highest BCUT2D eigenvalue weighted by Crippen LogP contribution is 2.15. The van der Waals surface area contributed by atoms with Gasteiger partial charge in [0.25, 0.3) is 0 Å². The molecule has 0 aliphatic heterocycles. The van der Waals surface area contributed by atoms with E-state index in [0.717, 1.165) is 38.5 Å². The highest BCUT2D eigenvalue weighted by atomic mass is 16.3. The summed E-state index contributed by atoms with van der Waals surface area (Å²) in [5.41, 5.74) is 0. The Morgan fingerprint density at radius 2 is 0.867 bits per heavy atom. The van der Waals surface area contributed by atoms with Gasteiger partial charge in [-0.25, -0.2) is 0 Å². The number of aliphatic hydroxyl groups excluding tert-OH is 2. The first-order valence-electron chi connectivity index (χ1n) is 19.7. The number of amides is 1. The van der Waals surface area contributed by atoms with E-state index in [1.54, 1.807) is 6.08 Å². The average molecular weight is 632 g/mol. The van der Waals surface area contributed by atoms with Gasteiger partial charge in [-0.2, -0.15) is 0 Å². The highest BCUT2D eigenvalue weighted by Gasteiger charge is 2.17. The minimum absolute atomic E-state index is 0.111. The first kappa shape index (κ1) is 43.6. The first-order valence-corrected chi connectivity index (χ1v) is 19.7. The largest absolute Gasteiger partial charge is 0.394 e. The Bertz CT molecular complexity index is 686. The van der Waals surface area contributed by atoms with Gasteiger partial charge in [-0.3, -0.25) is 4.79 Å². The van der Waals surface area contributed by atoms with Gasteiger partial charge in [-0.15, -0.1) is 0 Å². The monoisotopic (exact) mass is 632 g/mol. The standard InChI is InChI=1S/C41H77NO3/c1-3-5-7-9-11-13-14-15-16-17-18-19-20-21-22-23-24-25-26-27-29-30-32-34-36-40(44)39(38-43)42-41(45)37-35-33-31-28-12-10-8-6-4-2/h27-29,31,34,36,39-40,43-44H,3-26,30,32-33,35,37-38H2,1-2H3,(H,42,45)/b29-27+,31-28-,36-34+. The quantitative estimate of drug-likeness (QED) is 0.0481. The number of carbonyl (C=O) groups is 1. The highest BCUT2D eigenvalue weighted by molar-refractivity contribution is 5.76. The fraction of sp³-hybridized carbons (Fsp3) is 0.829. The molecule has 3 N–H and O–H groups in total. The molecular formula is C41H77NO3. The van der Waals surface area contributed by atoms with Gasteiger partial charge in [-0.05, 0) is 51.4 Å². The smallest absolute Gasteiger partial charge is 0.220 e. The summed E-state index contributed by atoms with van der Waals surface area (Å²) in [4.78, 5) is 12.2. The molecule has 0 aromatic rings. The SMILES string of the molecule is CCCCCC/C=C\CCCC(=O)NC(CO)C(O)/C=C/CC/C=C/CCCCCCCCCCCCCCCCCCCC. The molecule has 0 radical (unpaired) electrons. The van der Waals surface area contributed by atoms with E-state index < -0.39 is 12.1 Å². The van der Waals surface area contributed by atoms with E-state index in [1.165, 1.54) is 141 Å². The van der Waals surface area contributed by atoms with E-state index in [2.05, 4.69) is 43.5 Å². The molecule has 2 atom stereocenters. The second-order valence-corrected chi connectivity index (χ2v) is 13.3. The van der Waals surface area contributed by atoms with Crippen molar-refractivity contribution in [3.63, 3.8) is 0 Å². The molecule has 0 aliphatic rings. The lowest BCUT2D eigenvalue weighted by Crippen LogP contribution is -2.45. The van der Waals surface area contributed by atoms with E-state index in [4.69, 9.17) is 0 Å². The number of hydrogen-bond acceptors (Lipinski definition) is 3. The maximum absolute atomic E-state index is 12.2. The zero-order valence-corrected chi connectivity index (χ0v) is 30.1. The normalized spacial score (nSPS) is 13.4. The van der Waals surface area contributed by atoms with Gasteiger partial charge in [0, 0.05) is 6.42 Å². The number of rotatable bonds is 35. The van der Waals surface area contributed by atoms with Crippen LogP contribution in [0.4, 0.5) is 0 Å². The van der Waals surface area contributed by atoms with Gasteiger partial charge in [0.15, 0.2) is 0 Å². The molecule has 0 aromatic carbocycles. The molecule has 4 heteroatoms. The maximum atomic E-state index is 12.2. The molecule has 2 unspecified atom stereocenters. The van der Waals surface area contributed by atoms with Crippen molar-refractivity contribution in [1.29, 1.82) is 0 Å². The fourth-order valence-corrected chi connectivity index (χ4v) is 5.78. The van der Waals surface area contributed by atoms with Crippen molar-refractivity contribution in [1.82, 2.24) is 5.32 Å². The van der Waals surface area contributed by atoms with Crippen LogP contribution in [0, 0.1) is 0 Å². The van der Waals surface area contributed by atoms with Crippen molar-refractivity contribution < 1.29 is 15.0 Å². The maximum Gasteiger partial charge on any atom is 0.220 e. The van der Waals surface area contributed by atoms with Crippen LogP contribution in [-0.2, 0) is 4.79 Å². The zero-order chi connectivity index (χ0) is 32.9. The Hall–Kier alpha value is -1.39. The summed E-state index contributed by atoms with van der Waals surface area (Å²) >= 11 is 0. The topological polar surface area (TPSA) is 69.6 Å². The van der Waals surface area contributed by atoms with Gasteiger partial charge < -0.3 is 15.5 Å². The molecule has 45 heavy (non-hydrogen) atoms. The minimum atomic E-state index is -0.870. The molecule has 0 saturated heterocycles. The Labute approximate surface area is 281 Å². The van der Waals surface area contributed by atoms with E-state index >= 15 is 0 Å². The number of allylic oxidation sites excluding steroid dienone is 5. The van der Waals surface area contributed by atoms with Crippen molar-refractivity contribution in [2.45, 2.75) is 212 Å². The predicted octanol–water partition coefficient (Wildman–Crippen LogP) is 11.8. The van der Waals surface area contributed by atoms with Crippen LogP contribution in [0.25, 0.3) is 0 Å². The third kappa shape index (κ3) is 33.8. The van der Waals surface area contributed by atoms with Crippen molar-refractivity contribution in [2.75, 3.05) is 6.61 Å². The van der Waals surface area contributed by atoms with Gasteiger partial charge in [0.05, 0.1) is 18.8 Å². The first-order chi connectivity index (χ1) is 22.2. The van der Waals surface area contributed by atoms with Crippen LogP contribution < -0.4 is 5.32 Å². The van der Waals surface area contributed by atoms with E-state index in [9.17, 15) is 15.0 Å². The lowest BCUT2D eigenvalue weighted by molar-refractivity contribution is -0.122. The Morgan fingerprint density at radius 1 is 0.511 bits per heavy atom. The fourth-order valence-electron chi connectivity index (χ4n) is 5.78. The summed E-state index contributed by atoms with van der Waals surface area (Å²) < 4.78 is 0. The molecule has 1 amide bonds. The summed E-state index contributed by atoms with van der Waals surface area (Å²) in [6.45, 7) is 4.24. The van der Waals surface area contributed by atoms with Gasteiger partial charge >= 0.3 is 0 Å². The second kappa shape index (κ2) is 37.1. The molecule has 0 aromatic heterocycles. The van der Waals surface area contributed by atoms with Crippen LogP contribution in [0.3, 0.4) is 0 Å². The molecule has 4 nitrogen and oxygen atoms in total. The van der Waals surface area contributed by atoms with Crippen LogP contribution in [0.5, 0.6) is 0 Å². The van der Waals surface area contributed by atoms with Crippen molar-refractivity contribution >= 4 is 5.91 Å². The van der Waals surface area contributed by atoms with Crippen molar-refractivity contribution in [2.24, 2.45) is 0 Å². The van der Waals surface area contributed by atoms with Crippen LogP contribution in [-0.4, -0.2) is 34.9 Å². The number of aliphatic hydroxyl groups is 2. The molecule has 264 valence electrons. The van der Waals surface area contributed by atoms with Crippen LogP contribution >= 0.6 is 0 Å². The molecule has 0 rings (SSSR count). The molecule has 0 spiro atoms. The summed E-state index contributed by atoms with van der Waals surface area (Å²) in [7, 11) is 0. The number of nitrogens with one attached hydrogen (secondary N) is 1. The van der Waals surface area contributed by atoms with E-state index in [-0.39, 0.29) is 12.5 Å². The zero-order valence-electron chi connectivity index (χ0n) is 30.1. The average Bonchev–Trinajstić information content (AvgIpc) is 3.04. The summed E-state index contributed by atoms with van der Waals surface area (Å²) in [6, 6.07) is -0.650. The summed E-state index contributed by atoms with van der Waals surface area (Å²) in [5, 5.41) is 22.8. The lowest BCUT2D eigenvalue weighted by Gasteiger charge is -2.19. The summed E-state index contributed by atoms with van der Waals surface area (Å²) in [6.07, 6.45) is 48.3. The van der Waals surface area contributed by atoms with E-state index in [0.29, 0.717) is 6.42 Å². The Balaban J connectivity index is 3.58. The number of carbonyl (C=O) groups excluding carboxylic acids is 1. The molecule has 0 aliphatic carbocycles. The van der Waals surface area contributed by atoms with Crippen molar-refractivity contribution in [3.8, 4) is 0 Å². The third-order valence-electron chi connectivity index (χ3n) is 8.85. The van der Waals surface area contributed by atoms with Crippen molar-refractivity contribution in [3.05, 3.63) is 36.5 Å². The van der Waals surface area contributed by atoms with Crippen LogP contribution in [0.1, 0.15) is 200 Å². The Kier molecular flexibility index (Phi) is 35.9. The number of unbranched alkanes of at least 4 members (excludes halogenated alkanes) is 24. The van der Waals surface area contributed by atoms with Gasteiger partial charge in [-0.1, -0.05) is 179 Å². The molecule has 0 heterocycles. The number of hydrogen-bond donors (Lipinski definition) is 3. The van der Waals surface area contributed by atoms with Crippen LogP contribution in [0.15, 0.2) is 36.5 Å². The minimum Gasteiger partial charge on any atom is -0.394 e. The molecule has 0 saturated carbocycles. The van der Waals surface area contributed by atoms with Gasteiger partial charge in [0.1, 0.15) is 0 Å². The third-order valence-corrected chi connectivity index (χ3v) is 8.85. The lowest BCUT2D eigenvalue weighted by atomic mass is 10.0. The molecule has 0 fully saturated rings. The second-order valence-electron chi connectivity index (χ2n) is 13.3. The van der Waals surface area contributed by atoms with Gasteiger partial charge in [0.2, 0.25) is 5.91 Å². The summed E-state index contributed by atoms with van der Waals surface area (Å²) in [5.74, 6) is -0.111. The predicted molar refractivity (Wildman–Crippen MR) is 198 cm³/mol. The molecular weight excluding hydrogens is 554 g/mol. The Morgan fingerprint density at radius 3 is 1.31 bits per heavy atom. The molecule has 0 bridgehead atoms. The van der Waals surface area contributed by atoms with Crippen LogP contribution in [0.2, 0.25) is 0 Å². The van der Waals surface area contributed by atoms with E-state index in [1.807, 2.05) is 6.08 Å².